The molecule has 5 rings (SSSR count). The molecule has 0 aliphatic rings. The van der Waals surface area contributed by atoms with Gasteiger partial charge in [0.2, 0.25) is 0 Å². The molecule has 0 heterocycles. The molecular formula is C26H21N3O4S. The minimum Gasteiger partial charge on any atom is -0.507 e. The molecule has 0 spiro atoms. The Labute approximate surface area is 196 Å². The number of hydrogen-bond acceptors (Lipinski definition) is 6. The summed E-state index contributed by atoms with van der Waals surface area (Å²) in [5.74, 6) is 0.0396. The summed E-state index contributed by atoms with van der Waals surface area (Å²) < 4.78 is 34.5. The fraction of sp³-hybridized carbons (Fsp3) is 0. The van der Waals surface area contributed by atoms with Crippen LogP contribution in [0.15, 0.2) is 95.9 Å². The fourth-order valence-corrected chi connectivity index (χ4v) is 4.77. The Morgan fingerprint density at radius 2 is 1.32 bits per heavy atom. The molecule has 0 bridgehead atoms. The van der Waals surface area contributed by atoms with Crippen LogP contribution in [0.5, 0.6) is 5.75 Å². The zero-order valence-corrected chi connectivity index (χ0v) is 18.7. The number of fused-ring (bicyclic) bond motifs is 2. The Bertz CT molecular complexity index is 1660. The van der Waals surface area contributed by atoms with Crippen molar-refractivity contribution in [2.75, 3.05) is 16.4 Å². The van der Waals surface area contributed by atoms with Crippen molar-refractivity contribution in [1.29, 1.82) is 0 Å². The van der Waals surface area contributed by atoms with Gasteiger partial charge in [-0.1, -0.05) is 60.7 Å². The zero-order valence-electron chi connectivity index (χ0n) is 17.9. The van der Waals surface area contributed by atoms with E-state index in [9.17, 15) is 18.1 Å². The first-order chi connectivity index (χ1) is 16.3. The van der Waals surface area contributed by atoms with Crippen LogP contribution in [0.2, 0.25) is 0 Å². The summed E-state index contributed by atoms with van der Waals surface area (Å²) >= 11 is 0. The van der Waals surface area contributed by atoms with Crippen LogP contribution < -0.4 is 16.4 Å². The molecule has 0 saturated heterocycles. The van der Waals surface area contributed by atoms with Gasteiger partial charge in [-0.2, -0.15) is 8.42 Å². The molecule has 0 unspecified atom stereocenters. The van der Waals surface area contributed by atoms with Gasteiger partial charge in [0.1, 0.15) is 10.6 Å². The number of anilines is 5. The summed E-state index contributed by atoms with van der Waals surface area (Å²) in [6.45, 7) is 0. The van der Waals surface area contributed by atoms with Crippen LogP contribution in [0.1, 0.15) is 0 Å². The highest BCUT2D eigenvalue weighted by Crippen LogP contribution is 2.40. The van der Waals surface area contributed by atoms with E-state index in [0.29, 0.717) is 28.1 Å². The first-order valence-corrected chi connectivity index (χ1v) is 11.9. The summed E-state index contributed by atoms with van der Waals surface area (Å²) in [6.07, 6.45) is 0. The van der Waals surface area contributed by atoms with Crippen LogP contribution in [0.4, 0.5) is 28.4 Å². The van der Waals surface area contributed by atoms with Crippen LogP contribution >= 0.6 is 0 Å². The highest BCUT2D eigenvalue weighted by molar-refractivity contribution is 7.86. The molecule has 0 fully saturated rings. The van der Waals surface area contributed by atoms with Crippen molar-refractivity contribution < 1.29 is 18.1 Å². The van der Waals surface area contributed by atoms with E-state index in [1.54, 1.807) is 36.4 Å². The third-order valence-corrected chi connectivity index (χ3v) is 6.56. The van der Waals surface area contributed by atoms with E-state index in [0.717, 1.165) is 16.2 Å². The quantitative estimate of drug-likeness (QED) is 0.157. The molecule has 0 aromatic heterocycles. The summed E-state index contributed by atoms with van der Waals surface area (Å²) in [4.78, 5) is -0.316. The number of nitrogen functional groups attached to an aromatic ring is 1. The number of rotatable bonds is 5. The van der Waals surface area contributed by atoms with E-state index in [-0.39, 0.29) is 16.3 Å². The van der Waals surface area contributed by atoms with Gasteiger partial charge in [0.05, 0.1) is 28.4 Å². The van der Waals surface area contributed by atoms with Crippen molar-refractivity contribution in [2.45, 2.75) is 4.90 Å². The smallest absolute Gasteiger partial charge is 0.296 e. The second kappa shape index (κ2) is 8.26. The molecule has 0 saturated carbocycles. The van der Waals surface area contributed by atoms with Gasteiger partial charge in [-0.15, -0.1) is 0 Å². The Morgan fingerprint density at radius 3 is 2.12 bits per heavy atom. The lowest BCUT2D eigenvalue weighted by atomic mass is 10.1. The zero-order chi connectivity index (χ0) is 23.9. The van der Waals surface area contributed by atoms with E-state index in [1.807, 2.05) is 42.5 Å². The fourth-order valence-electron chi connectivity index (χ4n) is 4.10. The van der Waals surface area contributed by atoms with Crippen LogP contribution in [-0.2, 0) is 10.1 Å². The summed E-state index contributed by atoms with van der Waals surface area (Å²) in [5, 5.41) is 19.9. The minimum atomic E-state index is -4.58. The largest absolute Gasteiger partial charge is 0.507 e. The second-order valence-electron chi connectivity index (χ2n) is 7.84. The molecule has 0 amide bonds. The third-order valence-electron chi connectivity index (χ3n) is 5.67. The average molecular weight is 472 g/mol. The standard InChI is InChI=1S/C26H21N3O4S/c27-19-15-14-16-6-1-2-9-18(16)25(19)29-21-11-5-13-23(34(31,32)33)26(21)28-20-10-3-7-17-8-4-12-22(30)24(17)20/h1-15,28-30H,27H2,(H,31,32,33). The van der Waals surface area contributed by atoms with Crippen LogP contribution in [-0.4, -0.2) is 18.1 Å². The first kappa shape index (κ1) is 21.6. The number of phenols is 1. The van der Waals surface area contributed by atoms with Crippen molar-refractivity contribution in [1.82, 2.24) is 0 Å². The van der Waals surface area contributed by atoms with Gasteiger partial charge in [-0.3, -0.25) is 4.55 Å². The number of hydrogen-bond donors (Lipinski definition) is 5. The molecule has 5 aromatic carbocycles. The van der Waals surface area contributed by atoms with Crippen molar-refractivity contribution in [3.63, 3.8) is 0 Å². The van der Waals surface area contributed by atoms with Crippen LogP contribution in [0, 0.1) is 0 Å². The maximum Gasteiger partial charge on any atom is 0.296 e. The van der Waals surface area contributed by atoms with Crippen molar-refractivity contribution in [3.8, 4) is 5.75 Å². The van der Waals surface area contributed by atoms with Crippen LogP contribution in [0.25, 0.3) is 21.5 Å². The third kappa shape index (κ3) is 3.85. The highest BCUT2D eigenvalue weighted by Gasteiger charge is 2.21. The number of benzene rings is 5. The summed E-state index contributed by atoms with van der Waals surface area (Å²) in [5.41, 5.74) is 8.33. The average Bonchev–Trinajstić information content (AvgIpc) is 2.81. The van der Waals surface area contributed by atoms with Crippen molar-refractivity contribution in [2.24, 2.45) is 0 Å². The maximum absolute atomic E-state index is 12.3. The lowest BCUT2D eigenvalue weighted by Gasteiger charge is -2.20. The van der Waals surface area contributed by atoms with Gasteiger partial charge >= 0.3 is 0 Å². The Hall–Kier alpha value is -4.27. The molecule has 0 radical (unpaired) electrons. The molecule has 0 aliphatic carbocycles. The van der Waals surface area contributed by atoms with Crippen molar-refractivity contribution in [3.05, 3.63) is 91.0 Å². The normalized spacial score (nSPS) is 11.6. The Morgan fingerprint density at radius 1 is 0.676 bits per heavy atom. The number of nitrogens with two attached hydrogens (primary N) is 1. The molecule has 170 valence electrons. The molecule has 5 aromatic rings. The van der Waals surface area contributed by atoms with E-state index < -0.39 is 10.1 Å². The molecule has 8 heteroatoms. The van der Waals surface area contributed by atoms with Gasteiger partial charge < -0.3 is 21.5 Å². The molecule has 0 aliphatic heterocycles. The number of nitrogens with one attached hydrogen (secondary N) is 2. The number of aromatic hydroxyl groups is 1. The van der Waals surface area contributed by atoms with Crippen molar-refractivity contribution >= 4 is 60.1 Å². The number of phenolic OH excluding ortho intramolecular Hbond substituents is 1. The lowest BCUT2D eigenvalue weighted by Crippen LogP contribution is -2.07. The Balaban J connectivity index is 1.71. The second-order valence-corrected chi connectivity index (χ2v) is 9.23. The van der Waals surface area contributed by atoms with E-state index in [4.69, 9.17) is 5.73 Å². The van der Waals surface area contributed by atoms with Gasteiger partial charge in [-0.05, 0) is 41.1 Å². The topological polar surface area (TPSA) is 125 Å². The number of para-hydroxylation sites is 1. The molecular weight excluding hydrogens is 450 g/mol. The van der Waals surface area contributed by atoms with E-state index in [1.165, 1.54) is 12.1 Å². The van der Waals surface area contributed by atoms with E-state index >= 15 is 0 Å². The minimum absolute atomic E-state index is 0.0396. The van der Waals surface area contributed by atoms with Gasteiger partial charge in [0.15, 0.2) is 0 Å². The van der Waals surface area contributed by atoms with Gasteiger partial charge in [-0.25, -0.2) is 0 Å². The Kier molecular flexibility index (Phi) is 5.24. The lowest BCUT2D eigenvalue weighted by molar-refractivity contribution is 0.481. The predicted octanol–water partition coefficient (Wildman–Crippen LogP) is 6.01. The summed E-state index contributed by atoms with van der Waals surface area (Å²) in [7, 11) is -4.58. The SMILES string of the molecule is Nc1ccc2ccccc2c1Nc1cccc(S(=O)(=O)O)c1Nc1cccc2cccc(O)c12. The summed E-state index contributed by atoms with van der Waals surface area (Å²) in [6, 6.07) is 26.3. The molecule has 7 nitrogen and oxygen atoms in total. The van der Waals surface area contributed by atoms with Gasteiger partial charge in [0, 0.05) is 10.8 Å². The molecule has 6 N–H and O–H groups in total. The molecule has 34 heavy (non-hydrogen) atoms. The predicted molar refractivity (Wildman–Crippen MR) is 137 cm³/mol. The highest BCUT2D eigenvalue weighted by atomic mass is 32.2. The monoisotopic (exact) mass is 471 g/mol. The maximum atomic E-state index is 12.3. The van der Waals surface area contributed by atoms with E-state index in [2.05, 4.69) is 10.6 Å². The van der Waals surface area contributed by atoms with Crippen LogP contribution in [0.3, 0.4) is 0 Å². The molecule has 0 atom stereocenters. The van der Waals surface area contributed by atoms with Gasteiger partial charge in [0.25, 0.3) is 10.1 Å². The first-order valence-electron chi connectivity index (χ1n) is 10.5.